The highest BCUT2D eigenvalue weighted by Crippen LogP contribution is 2.21. The summed E-state index contributed by atoms with van der Waals surface area (Å²) in [5, 5.41) is 4.15. The van der Waals surface area contributed by atoms with E-state index in [1.165, 1.54) is 5.56 Å². The van der Waals surface area contributed by atoms with Crippen molar-refractivity contribution in [1.82, 2.24) is 19.0 Å². The van der Waals surface area contributed by atoms with E-state index < -0.39 is 10.0 Å². The number of piperazine rings is 1. The molecule has 0 amide bonds. The molecule has 1 fully saturated rings. The molecule has 24 heavy (non-hydrogen) atoms. The molecule has 1 aromatic carbocycles. The molecule has 1 aliphatic heterocycles. The molecule has 0 N–H and O–H groups in total. The molecule has 0 bridgehead atoms. The maximum atomic E-state index is 12.8. The summed E-state index contributed by atoms with van der Waals surface area (Å²) in [6.07, 6.45) is 1.58. The van der Waals surface area contributed by atoms with E-state index in [0.717, 1.165) is 24.1 Å². The van der Waals surface area contributed by atoms with Crippen molar-refractivity contribution in [1.29, 1.82) is 0 Å². The average molecular weight is 413 g/mol. The molecule has 130 valence electrons. The van der Waals surface area contributed by atoms with E-state index in [9.17, 15) is 8.42 Å². The summed E-state index contributed by atoms with van der Waals surface area (Å²) < 4.78 is 29.7. The minimum Gasteiger partial charge on any atom is -0.296 e. The molecule has 0 aliphatic carbocycles. The van der Waals surface area contributed by atoms with E-state index in [1.54, 1.807) is 29.2 Å². The third kappa shape index (κ3) is 3.72. The molecule has 0 radical (unpaired) electrons. The van der Waals surface area contributed by atoms with Crippen molar-refractivity contribution in [2.45, 2.75) is 18.4 Å². The summed E-state index contributed by atoms with van der Waals surface area (Å²) >= 11 is 3.48. The van der Waals surface area contributed by atoms with Crippen molar-refractivity contribution in [2.24, 2.45) is 7.05 Å². The quantitative estimate of drug-likeness (QED) is 0.770. The number of hydrogen-bond acceptors (Lipinski definition) is 4. The highest BCUT2D eigenvalue weighted by atomic mass is 79.9. The predicted molar refractivity (Wildman–Crippen MR) is 96.1 cm³/mol. The van der Waals surface area contributed by atoms with Gasteiger partial charge in [0.1, 0.15) is 4.90 Å². The van der Waals surface area contributed by atoms with Crippen LogP contribution in [0.5, 0.6) is 0 Å². The first kappa shape index (κ1) is 17.6. The predicted octanol–water partition coefficient (Wildman–Crippen LogP) is 2.00. The summed E-state index contributed by atoms with van der Waals surface area (Å²) in [4.78, 5) is 2.59. The van der Waals surface area contributed by atoms with Gasteiger partial charge in [0.2, 0.25) is 10.0 Å². The van der Waals surface area contributed by atoms with Crippen LogP contribution in [0.25, 0.3) is 0 Å². The molecule has 2 aromatic rings. The van der Waals surface area contributed by atoms with Crippen molar-refractivity contribution >= 4 is 26.0 Å². The van der Waals surface area contributed by atoms with Gasteiger partial charge >= 0.3 is 0 Å². The third-order valence-electron chi connectivity index (χ3n) is 4.21. The lowest BCUT2D eigenvalue weighted by Crippen LogP contribution is -2.48. The Bertz CT molecular complexity index is 826. The van der Waals surface area contributed by atoms with Crippen LogP contribution in [0.15, 0.2) is 39.8 Å². The lowest BCUT2D eigenvalue weighted by atomic mass is 10.2. The molecule has 6 nitrogen and oxygen atoms in total. The molecule has 8 heteroatoms. The zero-order chi connectivity index (χ0) is 17.3. The lowest BCUT2D eigenvalue weighted by molar-refractivity contribution is 0.181. The largest absolute Gasteiger partial charge is 0.296 e. The second kappa shape index (κ2) is 6.95. The molecule has 2 heterocycles. The van der Waals surface area contributed by atoms with E-state index in [2.05, 4.69) is 38.1 Å². The zero-order valence-electron chi connectivity index (χ0n) is 13.8. The highest BCUT2D eigenvalue weighted by molar-refractivity contribution is 9.10. The molecular weight excluding hydrogens is 392 g/mol. The van der Waals surface area contributed by atoms with Gasteiger partial charge in [-0.25, -0.2) is 8.42 Å². The molecule has 3 rings (SSSR count). The van der Waals surface area contributed by atoms with Crippen molar-refractivity contribution in [2.75, 3.05) is 26.2 Å². The van der Waals surface area contributed by atoms with E-state index >= 15 is 0 Å². The van der Waals surface area contributed by atoms with Gasteiger partial charge in [-0.1, -0.05) is 28.1 Å². The average Bonchev–Trinajstić information content (AvgIpc) is 2.87. The van der Waals surface area contributed by atoms with Crippen LogP contribution in [0.1, 0.15) is 11.3 Å². The number of hydrogen-bond donors (Lipinski definition) is 0. The van der Waals surface area contributed by atoms with Crippen LogP contribution in [0.4, 0.5) is 0 Å². The lowest BCUT2D eigenvalue weighted by Gasteiger charge is -2.33. The first-order valence-corrected chi connectivity index (χ1v) is 10.1. The molecule has 0 atom stereocenters. The summed E-state index contributed by atoms with van der Waals surface area (Å²) in [5.41, 5.74) is 1.78. The normalized spacial score (nSPS) is 17.3. The highest BCUT2D eigenvalue weighted by Gasteiger charge is 2.30. The van der Waals surface area contributed by atoms with Crippen molar-refractivity contribution < 1.29 is 8.42 Å². The Morgan fingerprint density at radius 3 is 2.50 bits per heavy atom. The van der Waals surface area contributed by atoms with Crippen molar-refractivity contribution in [3.8, 4) is 0 Å². The second-order valence-electron chi connectivity index (χ2n) is 6.06. The van der Waals surface area contributed by atoms with Crippen LogP contribution < -0.4 is 0 Å². The Hall–Kier alpha value is -1.22. The van der Waals surface area contributed by atoms with E-state index in [1.807, 2.05) is 12.1 Å². The number of sulfonamides is 1. The van der Waals surface area contributed by atoms with Gasteiger partial charge in [-0.05, 0) is 24.6 Å². The fourth-order valence-electron chi connectivity index (χ4n) is 2.99. The Kier molecular flexibility index (Phi) is 5.10. The Labute approximate surface area is 151 Å². The van der Waals surface area contributed by atoms with E-state index in [0.29, 0.717) is 23.7 Å². The Morgan fingerprint density at radius 2 is 1.92 bits per heavy atom. The number of aryl methyl sites for hydroxylation is 2. The fraction of sp³-hybridized carbons (Fsp3) is 0.438. The van der Waals surface area contributed by atoms with Gasteiger partial charge in [0.25, 0.3) is 0 Å². The Balaban J connectivity index is 1.65. The summed E-state index contributed by atoms with van der Waals surface area (Å²) in [7, 11) is -1.72. The summed E-state index contributed by atoms with van der Waals surface area (Å²) in [6.45, 7) is 5.03. The van der Waals surface area contributed by atoms with Gasteiger partial charge in [0, 0.05) is 50.4 Å². The topological polar surface area (TPSA) is 58.4 Å². The molecule has 1 aliphatic rings. The van der Waals surface area contributed by atoms with Gasteiger partial charge in [-0.15, -0.1) is 0 Å². The Morgan fingerprint density at radius 1 is 1.21 bits per heavy atom. The van der Waals surface area contributed by atoms with Crippen LogP contribution in [-0.4, -0.2) is 53.6 Å². The molecule has 0 spiro atoms. The SMILES string of the molecule is Cc1nn(C)cc1S(=O)(=O)N1CCN(Cc2cccc(Br)c2)CC1. The fourth-order valence-corrected chi connectivity index (χ4v) is 5.06. The molecule has 0 unspecified atom stereocenters. The van der Waals surface area contributed by atoms with Gasteiger partial charge in [0.05, 0.1) is 5.69 Å². The monoisotopic (exact) mass is 412 g/mol. The van der Waals surface area contributed by atoms with Crippen LogP contribution in [0.3, 0.4) is 0 Å². The van der Waals surface area contributed by atoms with E-state index in [-0.39, 0.29) is 0 Å². The minimum absolute atomic E-state index is 0.311. The summed E-state index contributed by atoms with van der Waals surface area (Å²) in [6, 6.07) is 8.21. The minimum atomic E-state index is -3.46. The van der Waals surface area contributed by atoms with E-state index in [4.69, 9.17) is 0 Å². The van der Waals surface area contributed by atoms with Crippen LogP contribution >= 0.6 is 15.9 Å². The van der Waals surface area contributed by atoms with Crippen molar-refractivity contribution in [3.63, 3.8) is 0 Å². The first-order chi connectivity index (χ1) is 11.4. The molecule has 0 saturated carbocycles. The third-order valence-corrected chi connectivity index (χ3v) is 6.71. The van der Waals surface area contributed by atoms with Gasteiger partial charge < -0.3 is 0 Å². The molecule has 1 aromatic heterocycles. The van der Waals surface area contributed by atoms with Crippen LogP contribution in [0, 0.1) is 6.92 Å². The van der Waals surface area contributed by atoms with Crippen molar-refractivity contribution in [3.05, 3.63) is 46.2 Å². The number of nitrogens with zero attached hydrogens (tertiary/aromatic N) is 4. The number of rotatable bonds is 4. The number of benzene rings is 1. The summed E-state index contributed by atoms with van der Waals surface area (Å²) in [5.74, 6) is 0. The first-order valence-electron chi connectivity index (χ1n) is 7.83. The smallest absolute Gasteiger partial charge is 0.246 e. The number of aromatic nitrogens is 2. The zero-order valence-corrected chi connectivity index (χ0v) is 16.2. The molecular formula is C16H21BrN4O2S. The van der Waals surface area contributed by atoms with Gasteiger partial charge in [-0.2, -0.15) is 9.40 Å². The van der Waals surface area contributed by atoms with Gasteiger partial charge in [0.15, 0.2) is 0 Å². The standard InChI is InChI=1S/C16H21BrN4O2S/c1-13-16(12-19(2)18-13)24(22,23)21-8-6-20(7-9-21)11-14-4-3-5-15(17)10-14/h3-5,10,12H,6-9,11H2,1-2H3. The van der Waals surface area contributed by atoms with Gasteiger partial charge in [-0.3, -0.25) is 9.58 Å². The second-order valence-corrected chi connectivity index (χ2v) is 8.88. The molecule has 1 saturated heterocycles. The maximum absolute atomic E-state index is 12.8. The number of halogens is 1. The van der Waals surface area contributed by atoms with Crippen LogP contribution in [0.2, 0.25) is 0 Å². The van der Waals surface area contributed by atoms with Crippen LogP contribution in [-0.2, 0) is 23.6 Å². The maximum Gasteiger partial charge on any atom is 0.246 e.